The number of nitrogens with one attached hydrogen (secondary N) is 1. The van der Waals surface area contributed by atoms with Gasteiger partial charge in [0.25, 0.3) is 5.91 Å². The fraction of sp³-hybridized carbons (Fsp3) is 0.382. The molecule has 1 aliphatic rings. The van der Waals surface area contributed by atoms with E-state index in [0.29, 0.717) is 31.1 Å². The van der Waals surface area contributed by atoms with Gasteiger partial charge in [-0.3, -0.25) is 4.79 Å². The lowest BCUT2D eigenvalue weighted by atomic mass is 9.95. The summed E-state index contributed by atoms with van der Waals surface area (Å²) in [6.07, 6.45) is 4.01. The predicted octanol–water partition coefficient (Wildman–Crippen LogP) is 4.78. The van der Waals surface area contributed by atoms with E-state index in [-0.39, 0.29) is 24.6 Å². The number of aromatic nitrogens is 2. The van der Waals surface area contributed by atoms with Crippen LogP contribution in [-0.4, -0.2) is 60.0 Å². The van der Waals surface area contributed by atoms with Gasteiger partial charge in [0, 0.05) is 26.3 Å². The number of nitrogens with zero attached hydrogens (tertiary/aromatic N) is 2. The number of hydrogen-bond acceptors (Lipinski definition) is 7. The molecule has 2 atom stereocenters. The number of likely N-dealkylation sites (tertiary alicyclic amines) is 1. The molecule has 232 valence electrons. The summed E-state index contributed by atoms with van der Waals surface area (Å²) in [6, 6.07) is 21.3. The Morgan fingerprint density at radius 3 is 2.48 bits per heavy atom. The van der Waals surface area contributed by atoms with E-state index in [1.807, 2.05) is 66.4 Å². The maximum atomic E-state index is 13.8. The Kier molecular flexibility index (Phi) is 10.1. The molecule has 10 nitrogen and oxygen atoms in total. The molecule has 2 heterocycles. The molecule has 1 saturated heterocycles. The molecule has 1 N–H and O–H groups in total. The molecular formula is C34H39N3O7. The Hall–Kier alpha value is -4.41. The van der Waals surface area contributed by atoms with Crippen molar-refractivity contribution in [2.75, 3.05) is 27.4 Å². The highest BCUT2D eigenvalue weighted by atomic mass is 16.5. The van der Waals surface area contributed by atoms with E-state index in [1.165, 1.54) is 0 Å². The monoisotopic (exact) mass is 601 g/mol. The van der Waals surface area contributed by atoms with Crippen LogP contribution in [0, 0.1) is 6.92 Å². The van der Waals surface area contributed by atoms with Gasteiger partial charge in [-0.05, 0) is 77.9 Å². The first kappa shape index (κ1) is 31.0. The minimum Gasteiger partial charge on any atom is -0.489 e. The van der Waals surface area contributed by atoms with Crippen LogP contribution in [0.25, 0.3) is 11.1 Å². The van der Waals surface area contributed by atoms with Gasteiger partial charge in [-0.25, -0.2) is 14.6 Å². The number of aryl methyl sites for hydroxylation is 1. The Morgan fingerprint density at radius 2 is 1.77 bits per heavy atom. The van der Waals surface area contributed by atoms with Crippen molar-refractivity contribution in [1.29, 1.82) is 0 Å². The van der Waals surface area contributed by atoms with Crippen molar-refractivity contribution in [3.05, 3.63) is 110 Å². The zero-order valence-electron chi connectivity index (χ0n) is 25.4. The predicted molar refractivity (Wildman–Crippen MR) is 166 cm³/mol. The molecule has 44 heavy (non-hydrogen) atoms. The Labute approximate surface area is 256 Å². The number of carbonyl (C=O) groups is 1. The van der Waals surface area contributed by atoms with Gasteiger partial charge in [0.05, 0.1) is 25.3 Å². The normalized spacial score (nSPS) is 17.2. The molecule has 0 unspecified atom stereocenters. The summed E-state index contributed by atoms with van der Waals surface area (Å²) in [5.74, 6) is -0.104. The standard InChI is InChI=1S/C34H39N3O7/c1-23-17-27(32(38)36-20-30(42-3)10-5-4-9-28(36)22-41-2)13-16-31(23)26-8-6-7-25(18-26)21-43-29-14-11-24(12-15-29)19-37-33(39)35-34(40)44-37/h6-8,11-18,28,30H,4-5,9-10,19-22H2,1-3H3,(H,35,39,40)/t28-,30+/m1/s1. The van der Waals surface area contributed by atoms with Crippen LogP contribution >= 0.6 is 0 Å². The Bertz CT molecular complexity index is 1670. The minimum atomic E-state index is -0.781. The van der Waals surface area contributed by atoms with Crippen LogP contribution in [0.3, 0.4) is 0 Å². The molecule has 0 aliphatic carbocycles. The molecule has 0 spiro atoms. The van der Waals surface area contributed by atoms with E-state index in [4.69, 9.17) is 18.7 Å². The summed E-state index contributed by atoms with van der Waals surface area (Å²) >= 11 is 0. The van der Waals surface area contributed by atoms with Crippen LogP contribution in [0.5, 0.6) is 5.75 Å². The number of carbonyl (C=O) groups excluding carboxylic acids is 1. The highest BCUT2D eigenvalue weighted by Crippen LogP contribution is 2.28. The largest absolute Gasteiger partial charge is 0.489 e. The number of benzene rings is 3. The molecule has 1 fully saturated rings. The molecule has 1 aliphatic heterocycles. The fourth-order valence-corrected chi connectivity index (χ4v) is 5.73. The van der Waals surface area contributed by atoms with Crippen molar-refractivity contribution in [1.82, 2.24) is 14.6 Å². The number of rotatable bonds is 10. The van der Waals surface area contributed by atoms with Crippen molar-refractivity contribution >= 4 is 5.91 Å². The third-order valence-corrected chi connectivity index (χ3v) is 8.10. The third kappa shape index (κ3) is 7.56. The molecule has 1 aromatic heterocycles. The third-order valence-electron chi connectivity index (χ3n) is 8.10. The summed E-state index contributed by atoms with van der Waals surface area (Å²) in [5.41, 5.74) is 4.97. The number of amides is 1. The first-order chi connectivity index (χ1) is 21.3. The lowest BCUT2D eigenvalue weighted by Crippen LogP contribution is -2.48. The van der Waals surface area contributed by atoms with E-state index in [1.54, 1.807) is 14.2 Å². The zero-order chi connectivity index (χ0) is 31.1. The first-order valence-electron chi connectivity index (χ1n) is 14.9. The van der Waals surface area contributed by atoms with Crippen LogP contribution < -0.4 is 16.2 Å². The number of aromatic amines is 1. The smallest absolute Gasteiger partial charge is 0.440 e. The minimum absolute atomic E-state index is 0.00327. The fourth-order valence-electron chi connectivity index (χ4n) is 5.73. The lowest BCUT2D eigenvalue weighted by Gasteiger charge is -2.36. The molecular weight excluding hydrogens is 562 g/mol. The second-order valence-corrected chi connectivity index (χ2v) is 11.2. The second-order valence-electron chi connectivity index (χ2n) is 11.2. The van der Waals surface area contributed by atoms with E-state index in [2.05, 4.69) is 17.1 Å². The maximum absolute atomic E-state index is 13.8. The molecule has 1 amide bonds. The average Bonchev–Trinajstić information content (AvgIpc) is 3.34. The highest BCUT2D eigenvalue weighted by Gasteiger charge is 2.29. The Balaban J connectivity index is 1.26. The van der Waals surface area contributed by atoms with Crippen LogP contribution in [0.1, 0.15) is 52.7 Å². The Morgan fingerprint density at radius 1 is 0.977 bits per heavy atom. The molecule has 3 aromatic carbocycles. The molecule has 0 radical (unpaired) electrons. The molecule has 0 bridgehead atoms. The van der Waals surface area contributed by atoms with Gasteiger partial charge in [-0.15, -0.1) is 4.74 Å². The molecule has 4 aromatic rings. The zero-order valence-corrected chi connectivity index (χ0v) is 25.4. The van der Waals surface area contributed by atoms with Crippen molar-refractivity contribution in [3.63, 3.8) is 0 Å². The quantitative estimate of drug-likeness (QED) is 0.278. The van der Waals surface area contributed by atoms with Gasteiger partial charge >= 0.3 is 11.4 Å². The number of ether oxygens (including phenoxy) is 3. The summed E-state index contributed by atoms with van der Waals surface area (Å²) in [6.45, 7) is 3.60. The summed E-state index contributed by atoms with van der Waals surface area (Å²) < 4.78 is 23.0. The van der Waals surface area contributed by atoms with Gasteiger partial charge < -0.3 is 23.6 Å². The van der Waals surface area contributed by atoms with Crippen molar-refractivity contribution in [2.24, 2.45) is 0 Å². The van der Waals surface area contributed by atoms with Crippen LogP contribution in [-0.2, 0) is 22.6 Å². The summed E-state index contributed by atoms with van der Waals surface area (Å²) in [5, 5.41) is 0. The van der Waals surface area contributed by atoms with Gasteiger partial charge in [0.15, 0.2) is 0 Å². The van der Waals surface area contributed by atoms with E-state index in [0.717, 1.165) is 58.2 Å². The van der Waals surface area contributed by atoms with Crippen molar-refractivity contribution in [3.8, 4) is 16.9 Å². The highest BCUT2D eigenvalue weighted by molar-refractivity contribution is 5.95. The van der Waals surface area contributed by atoms with Crippen LogP contribution in [0.2, 0.25) is 0 Å². The lowest BCUT2D eigenvalue weighted by molar-refractivity contribution is 0.0105. The summed E-state index contributed by atoms with van der Waals surface area (Å²) in [4.78, 5) is 40.7. The van der Waals surface area contributed by atoms with Gasteiger partial charge in [-0.1, -0.05) is 49.2 Å². The number of H-pyrrole nitrogens is 1. The molecule has 5 rings (SSSR count). The average molecular weight is 602 g/mol. The van der Waals surface area contributed by atoms with Crippen molar-refractivity contribution in [2.45, 2.75) is 57.9 Å². The topological polar surface area (TPSA) is 116 Å². The number of hydrogen-bond donors (Lipinski definition) is 1. The van der Waals surface area contributed by atoms with Crippen molar-refractivity contribution < 1.29 is 23.5 Å². The van der Waals surface area contributed by atoms with Gasteiger partial charge in [0.2, 0.25) is 0 Å². The second kappa shape index (κ2) is 14.4. The molecule has 0 saturated carbocycles. The SMILES string of the molecule is COC[C@H]1CCCC[C@H](OC)CN1C(=O)c1ccc(-c2cccc(COc3ccc(Cn4oc(=O)[nH]c4=O)cc3)c2)c(C)c1. The van der Waals surface area contributed by atoms with Gasteiger partial charge in [-0.2, -0.15) is 0 Å². The van der Waals surface area contributed by atoms with Gasteiger partial charge in [0.1, 0.15) is 12.4 Å². The number of methoxy groups -OCH3 is 2. The first-order valence-corrected chi connectivity index (χ1v) is 14.9. The molecule has 10 heteroatoms. The summed E-state index contributed by atoms with van der Waals surface area (Å²) in [7, 11) is 3.40. The van der Waals surface area contributed by atoms with E-state index < -0.39 is 11.4 Å². The maximum Gasteiger partial charge on any atom is 0.440 e. The van der Waals surface area contributed by atoms with Crippen LogP contribution in [0.4, 0.5) is 0 Å². The van der Waals surface area contributed by atoms with E-state index in [9.17, 15) is 14.4 Å². The van der Waals surface area contributed by atoms with E-state index >= 15 is 0 Å². The van der Waals surface area contributed by atoms with Crippen LogP contribution in [0.15, 0.2) is 80.8 Å².